The fourth-order valence-corrected chi connectivity index (χ4v) is 2.27. The molecule has 1 atom stereocenters. The van der Waals surface area contributed by atoms with Gasteiger partial charge in [0.2, 0.25) is 0 Å². The summed E-state index contributed by atoms with van der Waals surface area (Å²) in [5.74, 6) is 0.246. The molecule has 0 unspecified atom stereocenters. The van der Waals surface area contributed by atoms with Crippen LogP contribution in [-0.4, -0.2) is 24.8 Å². The van der Waals surface area contributed by atoms with Gasteiger partial charge in [0.1, 0.15) is 0 Å². The molecule has 0 radical (unpaired) electrons. The summed E-state index contributed by atoms with van der Waals surface area (Å²) in [4.78, 5) is 2.46. The van der Waals surface area contributed by atoms with E-state index in [-0.39, 0.29) is 12.5 Å². The topological polar surface area (TPSA) is 23.5 Å². The summed E-state index contributed by atoms with van der Waals surface area (Å²) in [6.07, 6.45) is 4.00. The van der Waals surface area contributed by atoms with E-state index in [9.17, 15) is 0 Å². The molecule has 0 spiro atoms. The van der Waals surface area contributed by atoms with Crippen molar-refractivity contribution < 1.29 is 5.11 Å². The lowest BCUT2D eigenvalue weighted by Gasteiger charge is -2.29. The summed E-state index contributed by atoms with van der Waals surface area (Å²) in [6, 6.07) is 8.66. The number of hydrogen-bond donors (Lipinski definition) is 1. The summed E-state index contributed by atoms with van der Waals surface area (Å²) in [7, 11) is 0. The number of nitrogens with zero attached hydrogens (tertiary/aromatic N) is 1. The van der Waals surface area contributed by atoms with Gasteiger partial charge in [-0.05, 0) is 37.0 Å². The van der Waals surface area contributed by atoms with Crippen LogP contribution in [0, 0.1) is 0 Å². The van der Waals surface area contributed by atoms with E-state index >= 15 is 0 Å². The molecular weight excluding hydrogens is 198 g/mol. The monoisotopic (exact) mass is 219 g/mol. The van der Waals surface area contributed by atoms with Gasteiger partial charge in [0.05, 0.1) is 0 Å². The predicted octanol–water partition coefficient (Wildman–Crippen LogP) is 2.77. The van der Waals surface area contributed by atoms with E-state index in [0.29, 0.717) is 0 Å². The van der Waals surface area contributed by atoms with Crippen LogP contribution >= 0.6 is 0 Å². The fourth-order valence-electron chi connectivity index (χ4n) is 2.27. The number of hydrogen-bond acceptors (Lipinski definition) is 2. The zero-order chi connectivity index (χ0) is 11.4. The van der Waals surface area contributed by atoms with Gasteiger partial charge in [-0.25, -0.2) is 0 Å². The first-order valence-electron chi connectivity index (χ1n) is 6.27. The number of anilines is 1. The van der Waals surface area contributed by atoms with Crippen molar-refractivity contribution in [2.45, 2.75) is 32.1 Å². The molecule has 2 nitrogen and oxygen atoms in total. The van der Waals surface area contributed by atoms with Crippen LogP contribution in [0.25, 0.3) is 0 Å². The van der Waals surface area contributed by atoms with Crippen LogP contribution in [0.15, 0.2) is 24.3 Å². The molecular formula is C14H21NO. The molecule has 1 aliphatic heterocycles. The van der Waals surface area contributed by atoms with Gasteiger partial charge in [0.15, 0.2) is 0 Å². The molecule has 1 heterocycles. The number of aliphatic hydroxyl groups is 1. The third-order valence-electron chi connectivity index (χ3n) is 3.46. The van der Waals surface area contributed by atoms with Crippen molar-refractivity contribution in [2.75, 3.05) is 24.6 Å². The molecule has 1 aromatic carbocycles. The molecule has 0 amide bonds. The molecule has 16 heavy (non-hydrogen) atoms. The second-order valence-corrected chi connectivity index (χ2v) is 4.72. The van der Waals surface area contributed by atoms with Crippen LogP contribution < -0.4 is 4.90 Å². The fraction of sp³-hybridized carbons (Fsp3) is 0.571. The maximum absolute atomic E-state index is 9.10. The average molecular weight is 219 g/mol. The predicted molar refractivity (Wildman–Crippen MR) is 68.0 cm³/mol. The highest BCUT2D eigenvalue weighted by Crippen LogP contribution is 2.22. The van der Waals surface area contributed by atoms with E-state index in [4.69, 9.17) is 5.11 Å². The normalized spacial score (nSPS) is 18.5. The standard InChI is InChI=1S/C14H21NO/c1-12(11-16)13-5-7-14(8-6-13)15-9-3-2-4-10-15/h5-8,12,16H,2-4,9-11H2,1H3/t12-/m0/s1. The molecule has 0 aromatic heterocycles. The highest BCUT2D eigenvalue weighted by Gasteiger charge is 2.11. The Hall–Kier alpha value is -1.02. The van der Waals surface area contributed by atoms with Crippen molar-refractivity contribution in [3.63, 3.8) is 0 Å². The summed E-state index contributed by atoms with van der Waals surface area (Å²) in [6.45, 7) is 4.66. The zero-order valence-corrected chi connectivity index (χ0v) is 10.0. The van der Waals surface area contributed by atoms with E-state index in [1.165, 1.54) is 43.6 Å². The van der Waals surface area contributed by atoms with Gasteiger partial charge in [-0.2, -0.15) is 0 Å². The molecule has 0 saturated carbocycles. The maximum atomic E-state index is 9.10. The summed E-state index contributed by atoms with van der Waals surface area (Å²) in [5.41, 5.74) is 2.55. The minimum Gasteiger partial charge on any atom is -0.396 e. The van der Waals surface area contributed by atoms with E-state index < -0.39 is 0 Å². The number of benzene rings is 1. The molecule has 0 bridgehead atoms. The first-order valence-corrected chi connectivity index (χ1v) is 6.27. The van der Waals surface area contributed by atoms with Crippen molar-refractivity contribution in [3.05, 3.63) is 29.8 Å². The second-order valence-electron chi connectivity index (χ2n) is 4.72. The molecule has 1 N–H and O–H groups in total. The quantitative estimate of drug-likeness (QED) is 0.845. The summed E-state index contributed by atoms with van der Waals surface area (Å²) >= 11 is 0. The van der Waals surface area contributed by atoms with Crippen molar-refractivity contribution >= 4 is 5.69 Å². The van der Waals surface area contributed by atoms with Gasteiger partial charge in [-0.3, -0.25) is 0 Å². The minimum atomic E-state index is 0.225. The van der Waals surface area contributed by atoms with E-state index in [1.54, 1.807) is 0 Å². The van der Waals surface area contributed by atoms with Crippen molar-refractivity contribution in [2.24, 2.45) is 0 Å². The maximum Gasteiger partial charge on any atom is 0.0497 e. The van der Waals surface area contributed by atoms with Gasteiger partial charge >= 0.3 is 0 Å². The highest BCUT2D eigenvalue weighted by molar-refractivity contribution is 5.48. The lowest BCUT2D eigenvalue weighted by atomic mass is 10.0. The van der Waals surface area contributed by atoms with Crippen molar-refractivity contribution in [3.8, 4) is 0 Å². The minimum absolute atomic E-state index is 0.225. The van der Waals surface area contributed by atoms with E-state index in [2.05, 4.69) is 36.1 Å². The van der Waals surface area contributed by atoms with Gasteiger partial charge < -0.3 is 10.0 Å². The summed E-state index contributed by atoms with van der Waals surface area (Å²) in [5, 5.41) is 9.10. The molecule has 1 fully saturated rings. The number of piperidine rings is 1. The SMILES string of the molecule is C[C@@H](CO)c1ccc(N2CCCCC2)cc1. The first-order chi connectivity index (χ1) is 7.81. The first kappa shape index (κ1) is 11.5. The Labute approximate surface area is 97.9 Å². The van der Waals surface area contributed by atoms with Crippen LogP contribution in [0.5, 0.6) is 0 Å². The van der Waals surface area contributed by atoms with E-state index in [0.717, 1.165) is 0 Å². The molecule has 88 valence electrons. The molecule has 0 aliphatic carbocycles. The highest BCUT2D eigenvalue weighted by atomic mass is 16.3. The third kappa shape index (κ3) is 2.56. The number of rotatable bonds is 3. The van der Waals surface area contributed by atoms with Gasteiger partial charge in [-0.1, -0.05) is 19.1 Å². The van der Waals surface area contributed by atoms with Crippen LogP contribution in [0.4, 0.5) is 5.69 Å². The molecule has 1 aliphatic rings. The van der Waals surface area contributed by atoms with Gasteiger partial charge in [0, 0.05) is 31.3 Å². The molecule has 1 aromatic rings. The Morgan fingerprint density at radius 1 is 1.12 bits per heavy atom. The zero-order valence-electron chi connectivity index (χ0n) is 10.0. The van der Waals surface area contributed by atoms with Crippen LogP contribution in [0.1, 0.15) is 37.7 Å². The van der Waals surface area contributed by atoms with E-state index in [1.807, 2.05) is 0 Å². The van der Waals surface area contributed by atoms with Gasteiger partial charge in [0.25, 0.3) is 0 Å². The third-order valence-corrected chi connectivity index (χ3v) is 3.46. The lowest BCUT2D eigenvalue weighted by Crippen LogP contribution is -2.29. The Morgan fingerprint density at radius 2 is 1.75 bits per heavy atom. The molecule has 1 saturated heterocycles. The average Bonchev–Trinajstić information content (AvgIpc) is 2.39. The van der Waals surface area contributed by atoms with Crippen LogP contribution in [0.3, 0.4) is 0 Å². The Kier molecular flexibility index (Phi) is 3.83. The Morgan fingerprint density at radius 3 is 2.31 bits per heavy atom. The molecule has 2 rings (SSSR count). The largest absolute Gasteiger partial charge is 0.396 e. The van der Waals surface area contributed by atoms with Crippen LogP contribution in [-0.2, 0) is 0 Å². The lowest BCUT2D eigenvalue weighted by molar-refractivity contribution is 0.273. The summed E-state index contributed by atoms with van der Waals surface area (Å²) < 4.78 is 0. The van der Waals surface area contributed by atoms with Crippen LogP contribution in [0.2, 0.25) is 0 Å². The second kappa shape index (κ2) is 5.35. The Bertz CT molecular complexity index is 314. The van der Waals surface area contributed by atoms with Crippen molar-refractivity contribution in [1.29, 1.82) is 0 Å². The van der Waals surface area contributed by atoms with Gasteiger partial charge in [-0.15, -0.1) is 0 Å². The molecule has 2 heteroatoms. The Balaban J connectivity index is 2.06. The number of aliphatic hydroxyl groups excluding tert-OH is 1. The van der Waals surface area contributed by atoms with Crippen molar-refractivity contribution in [1.82, 2.24) is 0 Å². The smallest absolute Gasteiger partial charge is 0.0497 e.